The summed E-state index contributed by atoms with van der Waals surface area (Å²) in [4.78, 5) is 13.4. The fraction of sp³-hybridized carbons (Fsp3) is 0.316. The molecule has 1 aliphatic heterocycles. The van der Waals surface area contributed by atoms with Crippen LogP contribution >= 0.6 is 0 Å². The highest BCUT2D eigenvalue weighted by Gasteiger charge is 2.30. The number of nitrogens with zero attached hydrogens (tertiary/aromatic N) is 2. The number of carbonyl (C=O) groups excluding carboxylic acids is 1. The van der Waals surface area contributed by atoms with E-state index in [9.17, 15) is 17.6 Å². The van der Waals surface area contributed by atoms with Crippen molar-refractivity contribution in [2.24, 2.45) is 0 Å². The summed E-state index contributed by atoms with van der Waals surface area (Å²) in [5.74, 6) is -1.13. The molecule has 1 fully saturated rings. The molecule has 0 spiro atoms. The van der Waals surface area contributed by atoms with Crippen molar-refractivity contribution in [3.63, 3.8) is 0 Å². The molecule has 0 bridgehead atoms. The second kappa shape index (κ2) is 8.16. The lowest BCUT2D eigenvalue weighted by molar-refractivity contribution is 0.0600. The second-order valence-corrected chi connectivity index (χ2v) is 8.21. The van der Waals surface area contributed by atoms with Gasteiger partial charge in [-0.15, -0.1) is 0 Å². The Kier molecular flexibility index (Phi) is 5.88. The van der Waals surface area contributed by atoms with Gasteiger partial charge in [0.15, 0.2) is 0 Å². The third-order valence-corrected chi connectivity index (χ3v) is 6.47. The minimum Gasteiger partial charge on any atom is -0.465 e. The number of esters is 1. The number of halogens is 1. The van der Waals surface area contributed by atoms with Crippen LogP contribution in [0.5, 0.6) is 0 Å². The summed E-state index contributed by atoms with van der Waals surface area (Å²) in [5.41, 5.74) is 1.43. The number of piperazine rings is 1. The highest BCUT2D eigenvalue weighted by atomic mass is 32.2. The molecule has 0 aliphatic carbocycles. The van der Waals surface area contributed by atoms with E-state index in [2.05, 4.69) is 4.90 Å². The van der Waals surface area contributed by atoms with Gasteiger partial charge in [0.25, 0.3) is 0 Å². The molecule has 0 unspecified atom stereocenters. The van der Waals surface area contributed by atoms with Crippen molar-refractivity contribution in [1.29, 1.82) is 0 Å². The zero-order valence-electron chi connectivity index (χ0n) is 15.0. The second-order valence-electron chi connectivity index (χ2n) is 6.30. The summed E-state index contributed by atoms with van der Waals surface area (Å²) in [6.45, 7) is 2.21. The van der Waals surface area contributed by atoms with Crippen LogP contribution in [0.2, 0.25) is 0 Å². The molecule has 144 valence electrons. The van der Waals surface area contributed by atoms with Crippen molar-refractivity contribution in [1.82, 2.24) is 9.21 Å². The lowest BCUT2D eigenvalue weighted by atomic mass is 10.1. The van der Waals surface area contributed by atoms with Gasteiger partial charge in [0.1, 0.15) is 10.7 Å². The molecule has 8 heteroatoms. The van der Waals surface area contributed by atoms with Gasteiger partial charge >= 0.3 is 5.97 Å². The summed E-state index contributed by atoms with van der Waals surface area (Å²) in [7, 11) is -2.50. The van der Waals surface area contributed by atoms with Gasteiger partial charge in [0.05, 0.1) is 12.7 Å². The van der Waals surface area contributed by atoms with Crippen molar-refractivity contribution >= 4 is 16.0 Å². The number of ether oxygens (including phenoxy) is 1. The number of methoxy groups -OCH3 is 1. The van der Waals surface area contributed by atoms with E-state index >= 15 is 0 Å². The number of hydrogen-bond acceptors (Lipinski definition) is 5. The van der Waals surface area contributed by atoms with Gasteiger partial charge in [-0.1, -0.05) is 24.3 Å². The van der Waals surface area contributed by atoms with Gasteiger partial charge in [-0.05, 0) is 29.8 Å². The average molecular weight is 392 g/mol. The van der Waals surface area contributed by atoms with E-state index in [4.69, 9.17) is 4.74 Å². The van der Waals surface area contributed by atoms with Crippen LogP contribution in [0.3, 0.4) is 0 Å². The monoisotopic (exact) mass is 392 g/mol. The first-order valence-corrected chi connectivity index (χ1v) is 10.00. The van der Waals surface area contributed by atoms with Gasteiger partial charge in [-0.25, -0.2) is 17.6 Å². The van der Waals surface area contributed by atoms with Crippen LogP contribution in [-0.4, -0.2) is 56.9 Å². The van der Waals surface area contributed by atoms with Gasteiger partial charge in [0.2, 0.25) is 10.0 Å². The fourth-order valence-electron chi connectivity index (χ4n) is 3.09. The highest BCUT2D eigenvalue weighted by Crippen LogP contribution is 2.21. The van der Waals surface area contributed by atoms with Crippen molar-refractivity contribution < 1.29 is 22.3 Å². The molecule has 1 aliphatic rings. The van der Waals surface area contributed by atoms with Gasteiger partial charge < -0.3 is 4.74 Å². The van der Waals surface area contributed by atoms with Crippen LogP contribution in [0, 0.1) is 5.82 Å². The number of sulfonamides is 1. The number of carbonyl (C=O) groups is 1. The first-order valence-electron chi connectivity index (χ1n) is 8.56. The zero-order valence-corrected chi connectivity index (χ0v) is 15.8. The van der Waals surface area contributed by atoms with E-state index in [0.29, 0.717) is 25.2 Å². The molecule has 3 rings (SSSR count). The van der Waals surface area contributed by atoms with Crippen molar-refractivity contribution in [2.75, 3.05) is 33.3 Å². The Morgan fingerprint density at radius 2 is 1.78 bits per heavy atom. The maximum atomic E-state index is 13.9. The summed E-state index contributed by atoms with van der Waals surface area (Å²) in [6, 6.07) is 12.6. The molecule has 6 nitrogen and oxygen atoms in total. The molecule has 1 saturated heterocycles. The Hall–Kier alpha value is -2.29. The van der Waals surface area contributed by atoms with Crippen LogP contribution in [0.4, 0.5) is 4.39 Å². The maximum absolute atomic E-state index is 13.9. The van der Waals surface area contributed by atoms with Crippen LogP contribution in [0.1, 0.15) is 15.9 Å². The van der Waals surface area contributed by atoms with E-state index in [0.717, 1.165) is 11.6 Å². The molecule has 0 atom stereocenters. The Morgan fingerprint density at radius 1 is 1.07 bits per heavy atom. The summed E-state index contributed by atoms with van der Waals surface area (Å²) in [6.07, 6.45) is 0. The van der Waals surface area contributed by atoms with Crippen LogP contribution in [0.15, 0.2) is 53.4 Å². The fourth-order valence-corrected chi connectivity index (χ4v) is 4.58. The van der Waals surface area contributed by atoms with Crippen molar-refractivity contribution in [3.8, 4) is 0 Å². The smallest absolute Gasteiger partial charge is 0.337 e. The SMILES string of the molecule is COC(=O)c1cccc(CN2CCN(S(=O)(=O)c3ccccc3F)CC2)c1. The molecular formula is C19H21FN2O4S. The first kappa shape index (κ1) is 19.5. The van der Waals surface area contributed by atoms with E-state index in [1.54, 1.807) is 18.2 Å². The quantitative estimate of drug-likeness (QED) is 0.730. The molecular weight excluding hydrogens is 371 g/mol. The molecule has 1 heterocycles. The lowest BCUT2D eigenvalue weighted by Crippen LogP contribution is -2.48. The Bertz CT molecular complexity index is 925. The Labute approximate surface area is 158 Å². The van der Waals surface area contributed by atoms with Gasteiger partial charge in [-0.2, -0.15) is 4.31 Å². The number of hydrogen-bond donors (Lipinski definition) is 0. The summed E-state index contributed by atoms with van der Waals surface area (Å²) >= 11 is 0. The predicted molar refractivity (Wildman–Crippen MR) is 98.2 cm³/mol. The first-order chi connectivity index (χ1) is 12.9. The van der Waals surface area contributed by atoms with Crippen LogP contribution in [-0.2, 0) is 21.3 Å². The minimum absolute atomic E-state index is 0.285. The molecule has 27 heavy (non-hydrogen) atoms. The third-order valence-electron chi connectivity index (χ3n) is 4.54. The van der Waals surface area contributed by atoms with Gasteiger partial charge in [-0.3, -0.25) is 4.90 Å². The standard InChI is InChI=1S/C19H21FN2O4S/c1-26-19(23)16-6-4-5-15(13-16)14-21-9-11-22(12-10-21)27(24,25)18-8-3-2-7-17(18)20/h2-8,13H,9-12,14H2,1H3. The largest absolute Gasteiger partial charge is 0.465 e. The summed E-state index contributed by atoms with van der Waals surface area (Å²) < 4.78 is 45.2. The Balaban J connectivity index is 1.64. The lowest BCUT2D eigenvalue weighted by Gasteiger charge is -2.34. The molecule has 2 aromatic carbocycles. The van der Waals surface area contributed by atoms with Crippen LogP contribution in [0.25, 0.3) is 0 Å². The number of rotatable bonds is 5. The van der Waals surface area contributed by atoms with Crippen molar-refractivity contribution in [3.05, 3.63) is 65.5 Å². The predicted octanol–water partition coefficient (Wildman–Crippen LogP) is 2.12. The molecule has 0 saturated carbocycles. The zero-order chi connectivity index (χ0) is 19.4. The van der Waals surface area contributed by atoms with Gasteiger partial charge in [0, 0.05) is 32.7 Å². The normalized spacial score (nSPS) is 16.2. The topological polar surface area (TPSA) is 66.9 Å². The highest BCUT2D eigenvalue weighted by molar-refractivity contribution is 7.89. The molecule has 0 amide bonds. The van der Waals surface area contributed by atoms with E-state index in [-0.39, 0.29) is 18.0 Å². The minimum atomic E-state index is -3.84. The van der Waals surface area contributed by atoms with E-state index in [1.807, 2.05) is 6.07 Å². The molecule has 0 radical (unpaired) electrons. The summed E-state index contributed by atoms with van der Waals surface area (Å²) in [5, 5.41) is 0. The molecule has 2 aromatic rings. The van der Waals surface area contributed by atoms with Crippen molar-refractivity contribution in [2.45, 2.75) is 11.4 Å². The van der Waals surface area contributed by atoms with Crippen LogP contribution < -0.4 is 0 Å². The van der Waals surface area contributed by atoms with E-state index < -0.39 is 21.8 Å². The maximum Gasteiger partial charge on any atom is 0.337 e. The Morgan fingerprint density at radius 3 is 2.44 bits per heavy atom. The average Bonchev–Trinajstić information content (AvgIpc) is 2.68. The number of benzene rings is 2. The van der Waals surface area contributed by atoms with E-state index in [1.165, 1.54) is 29.6 Å². The molecule has 0 N–H and O–H groups in total. The molecule has 0 aromatic heterocycles. The third kappa shape index (κ3) is 4.35.